The van der Waals surface area contributed by atoms with Crippen LogP contribution < -0.4 is 0 Å². The van der Waals surface area contributed by atoms with Gasteiger partial charge in [0.2, 0.25) is 5.91 Å². The van der Waals surface area contributed by atoms with E-state index < -0.39 is 0 Å². The van der Waals surface area contributed by atoms with Crippen LogP contribution in [0.15, 0.2) is 12.4 Å². The number of carbonyl (C=O) groups is 1. The molecule has 0 saturated carbocycles. The maximum Gasteiger partial charge on any atom is 0.225 e. The molecule has 3 rings (SSSR count). The normalized spacial score (nSPS) is 23.8. The number of carbonyl (C=O) groups excluding carboxylic acids is 1. The van der Waals surface area contributed by atoms with Crippen molar-refractivity contribution >= 4 is 5.91 Å². The summed E-state index contributed by atoms with van der Waals surface area (Å²) >= 11 is 0. The zero-order valence-corrected chi connectivity index (χ0v) is 14.7. The van der Waals surface area contributed by atoms with Gasteiger partial charge >= 0.3 is 0 Å². The number of hydrogen-bond donors (Lipinski definition) is 0. The van der Waals surface area contributed by atoms with Gasteiger partial charge in [-0.3, -0.25) is 4.79 Å². The van der Waals surface area contributed by atoms with Gasteiger partial charge in [0.15, 0.2) is 0 Å². The molecule has 2 aliphatic heterocycles. The summed E-state index contributed by atoms with van der Waals surface area (Å²) < 4.78 is 2.27. The molecule has 0 radical (unpaired) electrons. The molecule has 1 saturated heterocycles. The number of nitrogens with zero attached hydrogens (tertiary/aromatic N) is 4. The summed E-state index contributed by atoms with van der Waals surface area (Å²) in [6, 6.07) is 0.154. The van der Waals surface area contributed by atoms with Gasteiger partial charge in [-0.15, -0.1) is 0 Å². The molecule has 5 heteroatoms. The van der Waals surface area contributed by atoms with Gasteiger partial charge in [0, 0.05) is 31.4 Å². The predicted molar refractivity (Wildman–Crippen MR) is 91.0 cm³/mol. The van der Waals surface area contributed by atoms with Gasteiger partial charge in [0.05, 0.1) is 6.04 Å². The van der Waals surface area contributed by atoms with Crippen molar-refractivity contribution in [2.75, 3.05) is 26.2 Å². The fourth-order valence-corrected chi connectivity index (χ4v) is 4.10. The summed E-state index contributed by atoms with van der Waals surface area (Å²) in [5.41, 5.74) is 0. The Morgan fingerprint density at radius 2 is 2.00 bits per heavy atom. The van der Waals surface area contributed by atoms with Gasteiger partial charge in [-0.05, 0) is 44.8 Å². The molecule has 1 amide bonds. The van der Waals surface area contributed by atoms with Crippen LogP contribution in [0.25, 0.3) is 0 Å². The quantitative estimate of drug-likeness (QED) is 0.860. The molecule has 0 bridgehead atoms. The Morgan fingerprint density at radius 3 is 2.65 bits per heavy atom. The van der Waals surface area contributed by atoms with Crippen LogP contribution in [0.4, 0.5) is 0 Å². The fraction of sp³-hybridized carbons (Fsp3) is 0.778. The van der Waals surface area contributed by atoms with E-state index in [1.807, 2.05) is 20.0 Å². The van der Waals surface area contributed by atoms with Crippen LogP contribution in [0.2, 0.25) is 0 Å². The Kier molecular flexibility index (Phi) is 5.05. The van der Waals surface area contributed by atoms with E-state index in [4.69, 9.17) is 0 Å². The topological polar surface area (TPSA) is 41.4 Å². The maximum absolute atomic E-state index is 12.8. The van der Waals surface area contributed by atoms with Crippen LogP contribution in [-0.4, -0.2) is 51.4 Å². The van der Waals surface area contributed by atoms with E-state index in [0.717, 1.165) is 57.8 Å². The number of rotatable bonds is 3. The summed E-state index contributed by atoms with van der Waals surface area (Å²) in [5.74, 6) is 1.96. The zero-order valence-electron chi connectivity index (χ0n) is 14.7. The fourth-order valence-electron chi connectivity index (χ4n) is 4.10. The van der Waals surface area contributed by atoms with Crippen LogP contribution >= 0.6 is 0 Å². The number of fused-ring (bicyclic) bond motifs is 1. The molecule has 0 spiro atoms. The molecule has 1 unspecified atom stereocenters. The largest absolute Gasteiger partial charge is 0.333 e. The van der Waals surface area contributed by atoms with Gasteiger partial charge in [-0.25, -0.2) is 4.98 Å². The van der Waals surface area contributed by atoms with Crippen molar-refractivity contribution in [3.05, 3.63) is 18.2 Å². The third-order valence-corrected chi connectivity index (χ3v) is 5.45. The lowest BCUT2D eigenvalue weighted by Crippen LogP contribution is -2.44. The maximum atomic E-state index is 12.8. The number of aromatic nitrogens is 2. The Balaban J connectivity index is 1.89. The molecule has 0 N–H and O–H groups in total. The summed E-state index contributed by atoms with van der Waals surface area (Å²) in [6.45, 7) is 11.5. The first-order valence-corrected chi connectivity index (χ1v) is 9.15. The van der Waals surface area contributed by atoms with Gasteiger partial charge in [-0.1, -0.05) is 20.8 Å². The molecule has 2 aliphatic rings. The molecule has 23 heavy (non-hydrogen) atoms. The van der Waals surface area contributed by atoms with Crippen molar-refractivity contribution in [1.82, 2.24) is 19.4 Å². The highest BCUT2D eigenvalue weighted by Crippen LogP contribution is 2.37. The number of likely N-dealkylation sites (tertiary alicyclic amines) is 1. The lowest BCUT2D eigenvalue weighted by molar-refractivity contribution is -0.138. The number of imidazole rings is 1. The number of hydrogen-bond acceptors (Lipinski definition) is 3. The van der Waals surface area contributed by atoms with E-state index in [9.17, 15) is 4.79 Å². The number of aryl methyl sites for hydroxylation is 1. The smallest absolute Gasteiger partial charge is 0.225 e. The third-order valence-electron chi connectivity index (χ3n) is 5.45. The molecule has 128 valence electrons. The summed E-state index contributed by atoms with van der Waals surface area (Å²) in [6.07, 6.45) is 7.31. The molecular weight excluding hydrogens is 288 g/mol. The van der Waals surface area contributed by atoms with Gasteiger partial charge < -0.3 is 14.4 Å². The third kappa shape index (κ3) is 3.30. The standard InChI is InChI=1S/C18H30N4O/c1-4-20-11-6-15(7-12-20)16-17-19-8-13-21(17)9-5-10-22(16)18(23)14(2)3/h8,13-16H,4-7,9-12H2,1-3H3. The average Bonchev–Trinajstić information content (AvgIpc) is 2.94. The van der Waals surface area contributed by atoms with Crippen LogP contribution in [-0.2, 0) is 11.3 Å². The van der Waals surface area contributed by atoms with Crippen molar-refractivity contribution in [3.63, 3.8) is 0 Å². The van der Waals surface area contributed by atoms with E-state index in [2.05, 4.69) is 32.5 Å². The Bertz CT molecular complexity index is 531. The number of amides is 1. The van der Waals surface area contributed by atoms with Crippen molar-refractivity contribution in [2.45, 2.75) is 52.6 Å². The van der Waals surface area contributed by atoms with Crippen molar-refractivity contribution in [3.8, 4) is 0 Å². The van der Waals surface area contributed by atoms with Crippen LogP contribution in [0.1, 0.15) is 51.9 Å². The van der Waals surface area contributed by atoms with E-state index in [0.29, 0.717) is 5.92 Å². The Hall–Kier alpha value is -1.36. The predicted octanol–water partition coefficient (Wildman–Crippen LogP) is 2.54. The Morgan fingerprint density at radius 1 is 1.26 bits per heavy atom. The zero-order chi connectivity index (χ0) is 16.4. The molecule has 5 nitrogen and oxygen atoms in total. The second-order valence-corrected chi connectivity index (χ2v) is 7.24. The van der Waals surface area contributed by atoms with E-state index >= 15 is 0 Å². The Labute approximate surface area is 139 Å². The summed E-state index contributed by atoms with van der Waals surface area (Å²) in [5, 5.41) is 0. The molecule has 1 aromatic heterocycles. The average molecular weight is 318 g/mol. The SMILES string of the molecule is CCN1CCC(C2c3nccn3CCCN2C(=O)C(C)C)CC1. The highest BCUT2D eigenvalue weighted by Gasteiger charge is 2.38. The van der Waals surface area contributed by atoms with Crippen LogP contribution in [0.3, 0.4) is 0 Å². The van der Waals surface area contributed by atoms with E-state index in [-0.39, 0.29) is 17.9 Å². The number of piperidine rings is 1. The molecule has 0 aliphatic carbocycles. The van der Waals surface area contributed by atoms with Crippen molar-refractivity contribution in [1.29, 1.82) is 0 Å². The van der Waals surface area contributed by atoms with E-state index in [1.165, 1.54) is 0 Å². The summed E-state index contributed by atoms with van der Waals surface area (Å²) in [7, 11) is 0. The highest BCUT2D eigenvalue weighted by atomic mass is 16.2. The van der Waals surface area contributed by atoms with Crippen molar-refractivity contribution in [2.24, 2.45) is 11.8 Å². The molecule has 1 aromatic rings. The lowest BCUT2D eigenvalue weighted by atomic mass is 9.87. The van der Waals surface area contributed by atoms with E-state index in [1.54, 1.807) is 0 Å². The van der Waals surface area contributed by atoms with Crippen molar-refractivity contribution < 1.29 is 4.79 Å². The monoisotopic (exact) mass is 318 g/mol. The first-order chi connectivity index (χ1) is 11.1. The molecule has 0 aromatic carbocycles. The highest BCUT2D eigenvalue weighted by molar-refractivity contribution is 5.78. The summed E-state index contributed by atoms with van der Waals surface area (Å²) in [4.78, 5) is 22.1. The first kappa shape index (κ1) is 16.5. The minimum Gasteiger partial charge on any atom is -0.333 e. The molecule has 1 atom stereocenters. The second kappa shape index (κ2) is 7.04. The molecular formula is C18H30N4O. The molecule has 3 heterocycles. The first-order valence-electron chi connectivity index (χ1n) is 9.15. The van der Waals surface area contributed by atoms with Gasteiger partial charge in [0.25, 0.3) is 0 Å². The lowest BCUT2D eigenvalue weighted by Gasteiger charge is -2.40. The van der Waals surface area contributed by atoms with Gasteiger partial charge in [-0.2, -0.15) is 0 Å². The minimum absolute atomic E-state index is 0.0507. The van der Waals surface area contributed by atoms with Crippen LogP contribution in [0, 0.1) is 11.8 Å². The van der Waals surface area contributed by atoms with Gasteiger partial charge in [0.1, 0.15) is 5.82 Å². The second-order valence-electron chi connectivity index (χ2n) is 7.24. The van der Waals surface area contributed by atoms with Crippen LogP contribution in [0.5, 0.6) is 0 Å². The minimum atomic E-state index is 0.0507. The molecule has 1 fully saturated rings.